The highest BCUT2D eigenvalue weighted by Gasteiger charge is 2.42. The number of piperidine rings is 1. The second-order valence-electron chi connectivity index (χ2n) is 10.7. The summed E-state index contributed by atoms with van der Waals surface area (Å²) in [6.07, 6.45) is 10.9. The molecule has 0 amide bonds. The van der Waals surface area contributed by atoms with E-state index < -0.39 is 0 Å². The first-order valence-electron chi connectivity index (χ1n) is 14.1. The molecule has 8 heteroatoms. The molecule has 1 saturated carbocycles. The highest BCUT2D eigenvalue weighted by atomic mass is 32.1. The quantitative estimate of drug-likeness (QED) is 0.237. The molecule has 39 heavy (non-hydrogen) atoms. The summed E-state index contributed by atoms with van der Waals surface area (Å²) in [4.78, 5) is 20.0. The van der Waals surface area contributed by atoms with Crippen LogP contribution in [0.5, 0.6) is 0 Å². The van der Waals surface area contributed by atoms with Gasteiger partial charge in [-0.2, -0.15) is 5.10 Å². The Morgan fingerprint density at radius 1 is 1.00 bits per heavy atom. The zero-order valence-corrected chi connectivity index (χ0v) is 23.6. The average Bonchev–Trinajstić information content (AvgIpc) is 3.58. The third-order valence-corrected chi connectivity index (χ3v) is 9.55. The van der Waals surface area contributed by atoms with Gasteiger partial charge in [-0.05, 0) is 74.9 Å². The molecule has 204 valence electrons. The lowest BCUT2D eigenvalue weighted by Gasteiger charge is -2.47. The summed E-state index contributed by atoms with van der Waals surface area (Å²) in [6.45, 7) is 4.25. The topological polar surface area (TPSA) is 69.0 Å². The molecule has 2 aliphatic rings. The number of carbonyl (C=O) groups excluding carboxylic acids is 1. The van der Waals surface area contributed by atoms with Crippen LogP contribution in [0.1, 0.15) is 62.2 Å². The molecule has 6 rings (SSSR count). The number of carbonyl (C=O) groups is 1. The van der Waals surface area contributed by atoms with Crippen molar-refractivity contribution < 1.29 is 14.3 Å². The standard InChI is InChI=1S/C31H36N4O3S/c1-3-38-29(36)24-11-9-22(10-12-24)27-21-35-30(32-27)39-28(33-35)23-13-15-26(16-14-23)34-19-17-31(37-2,18-20-34)25-7-5-4-6-8-25/h9-16,21,25H,3-8,17-20H2,1-2H3. The summed E-state index contributed by atoms with van der Waals surface area (Å²) in [6, 6.07) is 16.1. The van der Waals surface area contributed by atoms with E-state index in [0.29, 0.717) is 18.1 Å². The maximum Gasteiger partial charge on any atom is 0.338 e. The molecule has 0 unspecified atom stereocenters. The molecule has 1 aliphatic carbocycles. The van der Waals surface area contributed by atoms with E-state index in [1.54, 1.807) is 30.4 Å². The number of ether oxygens (including phenoxy) is 2. The van der Waals surface area contributed by atoms with Gasteiger partial charge in [-0.1, -0.05) is 42.7 Å². The molecule has 2 aromatic carbocycles. The van der Waals surface area contributed by atoms with Crippen LogP contribution in [0, 0.1) is 5.92 Å². The van der Waals surface area contributed by atoms with Gasteiger partial charge in [0.05, 0.1) is 29.7 Å². The largest absolute Gasteiger partial charge is 0.462 e. The fourth-order valence-electron chi connectivity index (χ4n) is 6.31. The third-order valence-electron chi connectivity index (χ3n) is 8.58. The molecule has 0 N–H and O–H groups in total. The highest BCUT2D eigenvalue weighted by Crippen LogP contribution is 2.42. The molecule has 2 fully saturated rings. The molecular formula is C31H36N4O3S. The van der Waals surface area contributed by atoms with Crippen molar-refractivity contribution in [1.29, 1.82) is 0 Å². The minimum absolute atomic E-state index is 0.0638. The van der Waals surface area contributed by atoms with Crippen LogP contribution in [0.4, 0.5) is 5.69 Å². The Morgan fingerprint density at radius 3 is 2.33 bits per heavy atom. The number of nitrogens with zero attached hydrogens (tertiary/aromatic N) is 4. The molecular weight excluding hydrogens is 508 g/mol. The van der Waals surface area contributed by atoms with Gasteiger partial charge < -0.3 is 14.4 Å². The Hall–Kier alpha value is -3.23. The van der Waals surface area contributed by atoms with Gasteiger partial charge in [0.25, 0.3) is 0 Å². The number of methoxy groups -OCH3 is 1. The van der Waals surface area contributed by atoms with Crippen LogP contribution in [-0.2, 0) is 9.47 Å². The Bertz CT molecular complexity index is 1380. The first kappa shape index (κ1) is 26.0. The molecule has 1 aliphatic heterocycles. The Kier molecular flexibility index (Phi) is 7.40. The summed E-state index contributed by atoms with van der Waals surface area (Å²) in [5.41, 5.74) is 4.74. The normalized spacial score (nSPS) is 17.9. The van der Waals surface area contributed by atoms with Crippen LogP contribution in [-0.4, -0.2) is 53.0 Å². The number of imidazole rings is 1. The van der Waals surface area contributed by atoms with Gasteiger partial charge in [-0.25, -0.2) is 14.3 Å². The second-order valence-corrected chi connectivity index (χ2v) is 11.7. The molecule has 1 saturated heterocycles. The first-order valence-corrected chi connectivity index (χ1v) is 14.9. The Balaban J connectivity index is 1.12. The van der Waals surface area contributed by atoms with E-state index in [-0.39, 0.29) is 11.6 Å². The number of hydrogen-bond donors (Lipinski definition) is 0. The van der Waals surface area contributed by atoms with Crippen molar-refractivity contribution in [3.05, 3.63) is 60.3 Å². The van der Waals surface area contributed by atoms with Crippen molar-refractivity contribution in [1.82, 2.24) is 14.6 Å². The van der Waals surface area contributed by atoms with Crippen molar-refractivity contribution >= 4 is 28.0 Å². The molecule has 0 radical (unpaired) electrons. The van der Waals surface area contributed by atoms with Crippen LogP contribution in [0.15, 0.2) is 54.7 Å². The van der Waals surface area contributed by atoms with Crippen LogP contribution in [0.2, 0.25) is 0 Å². The molecule has 7 nitrogen and oxygen atoms in total. The van der Waals surface area contributed by atoms with Gasteiger partial charge in [0.15, 0.2) is 0 Å². The zero-order chi connectivity index (χ0) is 26.8. The van der Waals surface area contributed by atoms with Crippen LogP contribution in [0.3, 0.4) is 0 Å². The number of hydrogen-bond acceptors (Lipinski definition) is 7. The Labute approximate surface area is 233 Å². The predicted octanol–water partition coefficient (Wildman–Crippen LogP) is 6.87. The third kappa shape index (κ3) is 5.20. The van der Waals surface area contributed by atoms with E-state index in [0.717, 1.165) is 52.7 Å². The lowest BCUT2D eigenvalue weighted by atomic mass is 9.72. The Morgan fingerprint density at radius 2 is 1.69 bits per heavy atom. The number of anilines is 1. The van der Waals surface area contributed by atoms with E-state index in [9.17, 15) is 4.79 Å². The van der Waals surface area contributed by atoms with E-state index >= 15 is 0 Å². The molecule has 3 heterocycles. The van der Waals surface area contributed by atoms with Crippen molar-refractivity contribution in [2.45, 2.75) is 57.5 Å². The lowest BCUT2D eigenvalue weighted by molar-refractivity contribution is -0.0856. The fourth-order valence-corrected chi connectivity index (χ4v) is 7.20. The maximum absolute atomic E-state index is 11.9. The monoisotopic (exact) mass is 544 g/mol. The maximum atomic E-state index is 11.9. The lowest BCUT2D eigenvalue weighted by Crippen LogP contribution is -2.50. The van der Waals surface area contributed by atoms with Gasteiger partial charge in [-0.3, -0.25) is 0 Å². The molecule has 0 bridgehead atoms. The number of aromatic nitrogens is 3. The number of rotatable bonds is 7. The van der Waals surface area contributed by atoms with Crippen molar-refractivity contribution in [2.24, 2.45) is 5.92 Å². The summed E-state index contributed by atoms with van der Waals surface area (Å²) in [5.74, 6) is 0.407. The highest BCUT2D eigenvalue weighted by molar-refractivity contribution is 7.19. The zero-order valence-electron chi connectivity index (χ0n) is 22.8. The van der Waals surface area contributed by atoms with Crippen LogP contribution >= 0.6 is 11.3 Å². The molecule has 2 aromatic heterocycles. The number of esters is 1. The minimum atomic E-state index is -0.310. The minimum Gasteiger partial charge on any atom is -0.462 e. The number of fused-ring (bicyclic) bond motifs is 1. The smallest absolute Gasteiger partial charge is 0.338 e. The molecule has 0 spiro atoms. The van der Waals surface area contributed by atoms with E-state index in [2.05, 4.69) is 29.2 Å². The average molecular weight is 545 g/mol. The van der Waals surface area contributed by atoms with E-state index in [1.807, 2.05) is 30.0 Å². The van der Waals surface area contributed by atoms with Crippen LogP contribution in [0.25, 0.3) is 26.8 Å². The van der Waals surface area contributed by atoms with Gasteiger partial charge in [0.2, 0.25) is 4.96 Å². The van der Waals surface area contributed by atoms with Crippen LogP contribution < -0.4 is 4.90 Å². The SMILES string of the molecule is CCOC(=O)c1ccc(-c2cn3nc(-c4ccc(N5CCC(OC)(C6CCCCC6)CC5)cc4)sc3n2)cc1. The summed E-state index contributed by atoms with van der Waals surface area (Å²) in [5, 5.41) is 5.74. The molecule has 0 atom stereocenters. The number of benzene rings is 2. The van der Waals surface area contributed by atoms with Gasteiger partial charge in [0, 0.05) is 37.0 Å². The van der Waals surface area contributed by atoms with Gasteiger partial charge in [-0.15, -0.1) is 0 Å². The summed E-state index contributed by atoms with van der Waals surface area (Å²) >= 11 is 1.58. The fraction of sp³-hybridized carbons (Fsp3) is 0.452. The van der Waals surface area contributed by atoms with Crippen molar-refractivity contribution in [3.63, 3.8) is 0 Å². The summed E-state index contributed by atoms with van der Waals surface area (Å²) < 4.78 is 13.1. The first-order chi connectivity index (χ1) is 19.1. The van der Waals surface area contributed by atoms with Crippen molar-refractivity contribution in [3.8, 4) is 21.8 Å². The van der Waals surface area contributed by atoms with Crippen molar-refractivity contribution in [2.75, 3.05) is 31.7 Å². The van der Waals surface area contributed by atoms with Gasteiger partial charge in [0.1, 0.15) is 5.01 Å². The summed E-state index contributed by atoms with van der Waals surface area (Å²) in [7, 11) is 1.93. The molecule has 4 aromatic rings. The second kappa shape index (κ2) is 11.1. The predicted molar refractivity (Wildman–Crippen MR) is 155 cm³/mol. The van der Waals surface area contributed by atoms with Gasteiger partial charge >= 0.3 is 5.97 Å². The van der Waals surface area contributed by atoms with E-state index in [1.165, 1.54) is 37.8 Å². The van der Waals surface area contributed by atoms with E-state index in [4.69, 9.17) is 19.6 Å².